The molecule has 0 amide bonds. The third kappa shape index (κ3) is 9.47. The van der Waals surface area contributed by atoms with E-state index in [0.29, 0.717) is 25.4 Å². The number of rotatable bonds is 19. The summed E-state index contributed by atoms with van der Waals surface area (Å²) in [7, 11) is -3.29. The lowest BCUT2D eigenvalue weighted by molar-refractivity contribution is 0.284. The Morgan fingerprint density at radius 2 is 1.19 bits per heavy atom. The van der Waals surface area contributed by atoms with Gasteiger partial charge < -0.3 is 13.9 Å². The molecule has 0 unspecified atom stereocenters. The summed E-state index contributed by atoms with van der Waals surface area (Å²) >= 11 is 0. The number of benzene rings is 4. The Morgan fingerprint density at radius 1 is 0.729 bits per heavy atom. The smallest absolute Gasteiger partial charge is 0.255 e. The maximum atomic E-state index is 14.9. The van der Waals surface area contributed by atoms with Gasteiger partial charge in [-0.1, -0.05) is 112 Å². The van der Waals surface area contributed by atoms with E-state index in [2.05, 4.69) is 69.0 Å². The van der Waals surface area contributed by atoms with E-state index in [-0.39, 0.29) is 19.0 Å². The molecule has 4 aromatic rings. The van der Waals surface area contributed by atoms with Crippen LogP contribution in [0.3, 0.4) is 0 Å². The molecule has 0 aliphatic carbocycles. The van der Waals surface area contributed by atoms with Crippen molar-refractivity contribution in [2.75, 3.05) is 20.8 Å². The van der Waals surface area contributed by atoms with Gasteiger partial charge in [-0.3, -0.25) is 0 Å². The van der Waals surface area contributed by atoms with Gasteiger partial charge in [0.05, 0.1) is 19.5 Å². The highest BCUT2D eigenvalue weighted by Crippen LogP contribution is 2.29. The highest BCUT2D eigenvalue weighted by atomic mass is 32.2. The Kier molecular flexibility index (Phi) is 13.6. The maximum absolute atomic E-state index is 14.9. The molecule has 0 aliphatic heterocycles. The first-order chi connectivity index (χ1) is 23.1. The predicted molar refractivity (Wildman–Crippen MR) is 200 cm³/mol. The van der Waals surface area contributed by atoms with Crippen molar-refractivity contribution in [3.8, 4) is 11.5 Å². The van der Waals surface area contributed by atoms with Crippen LogP contribution in [0.15, 0.2) is 122 Å². The summed E-state index contributed by atoms with van der Waals surface area (Å²) in [6, 6.07) is 37.1. The van der Waals surface area contributed by atoms with Crippen LogP contribution in [-0.4, -0.2) is 47.1 Å². The molecule has 0 heterocycles. The van der Waals surface area contributed by atoms with Crippen molar-refractivity contribution in [3.63, 3.8) is 0 Å². The van der Waals surface area contributed by atoms with E-state index in [1.807, 2.05) is 73.7 Å². The van der Waals surface area contributed by atoms with Crippen molar-refractivity contribution in [2.24, 2.45) is 11.8 Å². The second-order valence-electron chi connectivity index (χ2n) is 12.8. The predicted octanol–water partition coefficient (Wildman–Crippen LogP) is 7.44. The van der Waals surface area contributed by atoms with E-state index in [4.69, 9.17) is 13.9 Å². The molecule has 0 aromatic heterocycles. The molecule has 4 aromatic carbocycles. The molecule has 0 saturated heterocycles. The van der Waals surface area contributed by atoms with Crippen LogP contribution in [0.5, 0.6) is 11.5 Å². The fourth-order valence-corrected chi connectivity index (χ4v) is 12.9. The third-order valence-corrected chi connectivity index (χ3v) is 15.9. The normalized spacial score (nSPS) is 13.3. The quantitative estimate of drug-likeness (QED) is 0.0759. The molecule has 0 saturated carbocycles. The summed E-state index contributed by atoms with van der Waals surface area (Å²) in [5.41, 5.74) is 1.77. The van der Waals surface area contributed by atoms with E-state index in [0.717, 1.165) is 28.7 Å². The summed E-state index contributed by atoms with van der Waals surface area (Å²) in [4.78, 5) is 0. The van der Waals surface area contributed by atoms with Crippen LogP contribution in [0.1, 0.15) is 44.7 Å². The molecule has 8 heteroatoms. The lowest BCUT2D eigenvalue weighted by atomic mass is 10.0. The van der Waals surface area contributed by atoms with Gasteiger partial charge in [-0.2, -0.15) is 4.31 Å². The Balaban J connectivity index is 1.70. The molecule has 0 radical (unpaired) electrons. The lowest BCUT2D eigenvalue weighted by Crippen LogP contribution is -2.61. The molecule has 0 spiro atoms. The number of sulfonamides is 1. The third-order valence-electron chi connectivity index (χ3n) is 8.88. The lowest BCUT2D eigenvalue weighted by Gasteiger charge is -2.36. The molecule has 6 nitrogen and oxygen atoms in total. The molecule has 0 bridgehead atoms. The van der Waals surface area contributed by atoms with Crippen molar-refractivity contribution in [2.45, 2.75) is 58.0 Å². The van der Waals surface area contributed by atoms with Crippen LogP contribution in [0.4, 0.5) is 0 Å². The minimum absolute atomic E-state index is 0.167. The molecule has 4 rings (SSSR count). The molecule has 48 heavy (non-hydrogen) atoms. The minimum Gasteiger partial charge on any atom is -0.497 e. The largest absolute Gasteiger partial charge is 0.497 e. The van der Waals surface area contributed by atoms with E-state index >= 15 is 0 Å². The van der Waals surface area contributed by atoms with Gasteiger partial charge in [-0.15, -0.1) is 6.58 Å². The van der Waals surface area contributed by atoms with Gasteiger partial charge in [0.2, 0.25) is 10.0 Å². The fraction of sp³-hybridized carbons (Fsp3) is 0.350. The van der Waals surface area contributed by atoms with Crippen LogP contribution in [0.2, 0.25) is 6.04 Å². The zero-order chi connectivity index (χ0) is 34.6. The zero-order valence-corrected chi connectivity index (χ0v) is 30.9. The molecule has 0 N–H and O–H groups in total. The molecular weight excluding hydrogens is 635 g/mol. The van der Waals surface area contributed by atoms with E-state index in [9.17, 15) is 8.42 Å². The summed E-state index contributed by atoms with van der Waals surface area (Å²) in [5, 5.41) is 1.72. The van der Waals surface area contributed by atoms with Gasteiger partial charge in [0.1, 0.15) is 11.5 Å². The average molecular weight is 686 g/mol. The molecular formula is C40H51NO5SSi. The number of ether oxygens (including phenoxy) is 2. The highest BCUT2D eigenvalue weighted by Gasteiger charge is 2.42. The molecule has 256 valence electrons. The summed E-state index contributed by atoms with van der Waals surface area (Å²) in [6.07, 6.45) is 2.76. The first-order valence-corrected chi connectivity index (χ1v) is 20.4. The average Bonchev–Trinajstić information content (AvgIpc) is 3.10. The van der Waals surface area contributed by atoms with Crippen LogP contribution in [-0.2, 0) is 27.5 Å². The number of hydrogen-bond acceptors (Lipinski definition) is 5. The highest BCUT2D eigenvalue weighted by molar-refractivity contribution is 7.89. The van der Waals surface area contributed by atoms with Crippen molar-refractivity contribution in [1.82, 2.24) is 4.31 Å². The van der Waals surface area contributed by atoms with Crippen molar-refractivity contribution < 1.29 is 22.3 Å². The first-order valence-electron chi connectivity index (χ1n) is 16.7. The van der Waals surface area contributed by atoms with Gasteiger partial charge in [0.15, 0.2) is 0 Å². The van der Waals surface area contributed by atoms with Crippen LogP contribution in [0.25, 0.3) is 0 Å². The van der Waals surface area contributed by atoms with E-state index in [1.54, 1.807) is 18.5 Å². The summed E-state index contributed by atoms with van der Waals surface area (Å²) in [5.74, 6) is 1.67. The van der Waals surface area contributed by atoms with Gasteiger partial charge in [0.25, 0.3) is 8.32 Å². The summed E-state index contributed by atoms with van der Waals surface area (Å²) in [6.45, 7) is 11.2. The molecule has 2 atom stereocenters. The van der Waals surface area contributed by atoms with Crippen LogP contribution in [0, 0.1) is 11.8 Å². The van der Waals surface area contributed by atoms with Gasteiger partial charge >= 0.3 is 0 Å². The molecule has 0 aliphatic rings. The van der Waals surface area contributed by atoms with Gasteiger partial charge in [0, 0.05) is 19.7 Å². The minimum atomic E-state index is -3.82. The standard InChI is InChI=1S/C40H51NO5SSi/c1-7-14-33(4)40(27-28-46-48(31-32(2)3,38-15-10-8-11-16-38)39-17-12-9-13-18-39)47(42,43)41(29-34-19-23-36(44-5)24-20-34)30-35-21-25-37(45-6)26-22-35/h7-13,15-26,32-33,40H,1,14,27-31H2,2-6H3/t33-,40+/m0/s1. The van der Waals surface area contributed by atoms with E-state index < -0.39 is 23.6 Å². The number of methoxy groups -OCH3 is 2. The summed E-state index contributed by atoms with van der Waals surface area (Å²) < 4.78 is 49.2. The van der Waals surface area contributed by atoms with Crippen LogP contribution < -0.4 is 19.8 Å². The molecule has 0 fully saturated rings. The van der Waals surface area contributed by atoms with Gasteiger partial charge in [-0.25, -0.2) is 8.42 Å². The Hall–Kier alpha value is -3.69. The Labute approximate surface area is 289 Å². The Bertz CT molecular complexity index is 1560. The SMILES string of the molecule is C=CC[C@H](C)[C@@H](CCO[Si](CC(C)C)(c1ccccc1)c1ccccc1)S(=O)(=O)N(Cc1ccc(OC)cc1)Cc1ccc(OC)cc1. The topological polar surface area (TPSA) is 65.1 Å². The second-order valence-corrected chi connectivity index (χ2v) is 18.5. The van der Waals surface area contributed by atoms with Gasteiger partial charge in [-0.05, 0) is 76.5 Å². The van der Waals surface area contributed by atoms with Crippen molar-refractivity contribution >= 4 is 28.7 Å². The van der Waals surface area contributed by atoms with Crippen molar-refractivity contribution in [1.29, 1.82) is 0 Å². The zero-order valence-electron chi connectivity index (χ0n) is 29.0. The second kappa shape index (κ2) is 17.6. The number of allylic oxidation sites excluding steroid dienone is 1. The van der Waals surface area contributed by atoms with Crippen LogP contribution >= 0.6 is 0 Å². The number of hydrogen-bond donors (Lipinski definition) is 0. The van der Waals surface area contributed by atoms with E-state index in [1.165, 1.54) is 10.4 Å². The number of nitrogens with zero attached hydrogens (tertiary/aromatic N) is 1. The monoisotopic (exact) mass is 685 g/mol. The maximum Gasteiger partial charge on any atom is 0.255 e. The Morgan fingerprint density at radius 3 is 1.58 bits per heavy atom. The first kappa shape index (κ1) is 37.1. The fourth-order valence-electron chi connectivity index (χ4n) is 6.41. The van der Waals surface area contributed by atoms with Crippen molar-refractivity contribution in [3.05, 3.63) is 133 Å².